The Hall–Kier alpha value is -0.760. The molecule has 0 saturated carbocycles. The lowest BCUT2D eigenvalue weighted by Crippen LogP contribution is -2.29. The Morgan fingerprint density at radius 1 is 1.42 bits per heavy atom. The third-order valence-corrected chi connectivity index (χ3v) is 6.23. The van der Waals surface area contributed by atoms with Crippen LogP contribution in [0.2, 0.25) is 0 Å². The van der Waals surface area contributed by atoms with Crippen LogP contribution in [0.5, 0.6) is 0 Å². The molecular formula is C12H13BrN2O2S2. The number of nitrogens with zero attached hydrogens (tertiary/aromatic N) is 2. The van der Waals surface area contributed by atoms with Gasteiger partial charge < -0.3 is 0 Å². The summed E-state index contributed by atoms with van der Waals surface area (Å²) in [6, 6.07) is 5.20. The van der Waals surface area contributed by atoms with Gasteiger partial charge in [-0.1, -0.05) is 6.07 Å². The van der Waals surface area contributed by atoms with Gasteiger partial charge >= 0.3 is 0 Å². The topological polar surface area (TPSA) is 50.3 Å². The molecular weight excluding hydrogens is 348 g/mol. The number of hydrogen-bond acceptors (Lipinski definition) is 4. The van der Waals surface area contributed by atoms with Crippen LogP contribution in [0.15, 0.2) is 45.3 Å². The van der Waals surface area contributed by atoms with Crippen molar-refractivity contribution in [3.63, 3.8) is 0 Å². The van der Waals surface area contributed by atoms with Gasteiger partial charge in [0.1, 0.15) is 4.90 Å². The number of halogens is 1. The summed E-state index contributed by atoms with van der Waals surface area (Å²) in [6.07, 6.45) is 2.92. The van der Waals surface area contributed by atoms with Crippen molar-refractivity contribution in [2.24, 2.45) is 0 Å². The molecule has 0 aliphatic heterocycles. The summed E-state index contributed by atoms with van der Waals surface area (Å²) in [5.74, 6) is 0. The van der Waals surface area contributed by atoms with Crippen LogP contribution in [0.3, 0.4) is 0 Å². The molecule has 1 unspecified atom stereocenters. The second-order valence-corrected chi connectivity index (χ2v) is 7.94. The van der Waals surface area contributed by atoms with E-state index in [1.165, 1.54) is 10.5 Å². The Morgan fingerprint density at radius 2 is 2.16 bits per heavy atom. The van der Waals surface area contributed by atoms with Crippen molar-refractivity contribution >= 4 is 37.3 Å². The zero-order valence-electron chi connectivity index (χ0n) is 10.4. The quantitative estimate of drug-likeness (QED) is 0.840. The lowest BCUT2D eigenvalue weighted by atomic mass is 10.3. The highest BCUT2D eigenvalue weighted by molar-refractivity contribution is 9.10. The highest BCUT2D eigenvalue weighted by Gasteiger charge is 2.27. The lowest BCUT2D eigenvalue weighted by molar-refractivity contribution is 0.402. The molecule has 1 atom stereocenters. The molecule has 2 heterocycles. The number of aromatic nitrogens is 1. The zero-order chi connectivity index (χ0) is 14.0. The Balaban J connectivity index is 2.34. The van der Waals surface area contributed by atoms with Crippen LogP contribution in [-0.2, 0) is 10.0 Å². The fraction of sp³-hybridized carbons (Fsp3) is 0.250. The van der Waals surface area contributed by atoms with Crippen molar-refractivity contribution in [2.45, 2.75) is 17.9 Å². The minimum Gasteiger partial charge on any atom is -0.262 e. The second kappa shape index (κ2) is 5.70. The second-order valence-electron chi connectivity index (χ2n) is 4.05. The normalized spacial score (nSPS) is 13.7. The first-order valence-corrected chi connectivity index (χ1v) is 8.66. The number of rotatable bonds is 4. The summed E-state index contributed by atoms with van der Waals surface area (Å²) in [5.41, 5.74) is 0. The maximum absolute atomic E-state index is 12.5. The first-order chi connectivity index (χ1) is 8.93. The molecule has 2 rings (SSSR count). The van der Waals surface area contributed by atoms with Gasteiger partial charge in [0.25, 0.3) is 0 Å². The third kappa shape index (κ3) is 3.05. The molecule has 2 aromatic heterocycles. The zero-order valence-corrected chi connectivity index (χ0v) is 13.7. The van der Waals surface area contributed by atoms with E-state index in [9.17, 15) is 8.42 Å². The number of pyridine rings is 1. The highest BCUT2D eigenvalue weighted by atomic mass is 79.9. The summed E-state index contributed by atoms with van der Waals surface area (Å²) in [7, 11) is -1.96. The molecule has 0 aliphatic carbocycles. The van der Waals surface area contributed by atoms with Crippen molar-refractivity contribution in [2.75, 3.05) is 7.05 Å². The molecule has 0 spiro atoms. The molecule has 0 bridgehead atoms. The molecule has 102 valence electrons. The van der Waals surface area contributed by atoms with E-state index in [2.05, 4.69) is 20.9 Å². The van der Waals surface area contributed by atoms with E-state index in [1.807, 2.05) is 24.4 Å². The van der Waals surface area contributed by atoms with Gasteiger partial charge in [0.15, 0.2) is 0 Å². The van der Waals surface area contributed by atoms with Crippen molar-refractivity contribution in [3.8, 4) is 0 Å². The number of thiophene rings is 1. The van der Waals surface area contributed by atoms with E-state index in [0.717, 1.165) is 4.88 Å². The van der Waals surface area contributed by atoms with Crippen LogP contribution in [0.4, 0.5) is 0 Å². The largest absolute Gasteiger partial charge is 0.262 e. The lowest BCUT2D eigenvalue weighted by Gasteiger charge is -2.23. The molecule has 0 amide bonds. The molecule has 0 aliphatic rings. The first-order valence-electron chi connectivity index (χ1n) is 5.55. The van der Waals surface area contributed by atoms with Gasteiger partial charge in [-0.15, -0.1) is 11.3 Å². The van der Waals surface area contributed by atoms with E-state index >= 15 is 0 Å². The molecule has 0 fully saturated rings. The average Bonchev–Trinajstić information content (AvgIpc) is 2.90. The third-order valence-electron chi connectivity index (χ3n) is 2.86. The summed E-state index contributed by atoms with van der Waals surface area (Å²) >= 11 is 4.78. The van der Waals surface area contributed by atoms with Gasteiger partial charge in [-0.25, -0.2) is 8.42 Å². The van der Waals surface area contributed by atoms with Crippen molar-refractivity contribution in [1.82, 2.24) is 9.29 Å². The molecule has 0 radical (unpaired) electrons. The van der Waals surface area contributed by atoms with Crippen LogP contribution in [0.25, 0.3) is 0 Å². The van der Waals surface area contributed by atoms with Crippen molar-refractivity contribution in [1.29, 1.82) is 0 Å². The smallest absolute Gasteiger partial charge is 0.244 e. The van der Waals surface area contributed by atoms with Gasteiger partial charge in [0.2, 0.25) is 10.0 Å². The Bertz CT molecular complexity index is 656. The standard InChI is InChI=1S/C12H13BrN2O2S2/c1-9(12-4-3-5-18-12)15(2)19(16,17)11-6-10(13)7-14-8-11/h3-9H,1-2H3. The highest BCUT2D eigenvalue weighted by Crippen LogP contribution is 2.28. The molecule has 0 aromatic carbocycles. The van der Waals surface area contributed by atoms with Crippen LogP contribution in [0.1, 0.15) is 17.8 Å². The van der Waals surface area contributed by atoms with Crippen LogP contribution < -0.4 is 0 Å². The van der Waals surface area contributed by atoms with Crippen LogP contribution in [-0.4, -0.2) is 24.8 Å². The summed E-state index contributed by atoms with van der Waals surface area (Å²) < 4.78 is 27.0. The molecule has 2 aromatic rings. The van der Waals surface area contributed by atoms with E-state index in [1.54, 1.807) is 30.6 Å². The number of hydrogen-bond donors (Lipinski definition) is 0. The average molecular weight is 361 g/mol. The Morgan fingerprint density at radius 3 is 2.74 bits per heavy atom. The monoisotopic (exact) mass is 360 g/mol. The summed E-state index contributed by atoms with van der Waals surface area (Å²) in [6.45, 7) is 1.87. The Labute approximate surface area is 125 Å². The molecule has 7 heteroatoms. The van der Waals surface area contributed by atoms with E-state index in [-0.39, 0.29) is 10.9 Å². The van der Waals surface area contributed by atoms with Gasteiger partial charge in [0.05, 0.1) is 6.04 Å². The maximum atomic E-state index is 12.5. The number of sulfonamides is 1. The van der Waals surface area contributed by atoms with Gasteiger partial charge in [0, 0.05) is 28.8 Å². The molecule has 19 heavy (non-hydrogen) atoms. The SMILES string of the molecule is CC(c1cccs1)N(C)S(=O)(=O)c1cncc(Br)c1. The van der Waals surface area contributed by atoms with Gasteiger partial charge in [-0.2, -0.15) is 4.31 Å². The predicted octanol–water partition coefficient (Wildman–Crippen LogP) is 3.29. The van der Waals surface area contributed by atoms with Gasteiger partial charge in [-0.3, -0.25) is 4.98 Å². The fourth-order valence-electron chi connectivity index (χ4n) is 1.62. The molecule has 4 nitrogen and oxygen atoms in total. The molecule has 0 N–H and O–H groups in total. The minimum atomic E-state index is -3.54. The molecule has 0 saturated heterocycles. The fourth-order valence-corrected chi connectivity index (χ4v) is 4.36. The van der Waals surface area contributed by atoms with Crippen molar-refractivity contribution < 1.29 is 8.42 Å². The van der Waals surface area contributed by atoms with Crippen molar-refractivity contribution in [3.05, 3.63) is 45.3 Å². The maximum Gasteiger partial charge on any atom is 0.244 e. The minimum absolute atomic E-state index is 0.188. The predicted molar refractivity (Wildman–Crippen MR) is 79.6 cm³/mol. The Kier molecular flexibility index (Phi) is 4.39. The summed E-state index contributed by atoms with van der Waals surface area (Å²) in [5, 5.41) is 1.94. The van der Waals surface area contributed by atoms with Crippen LogP contribution in [0, 0.1) is 0 Å². The van der Waals surface area contributed by atoms with Gasteiger partial charge in [-0.05, 0) is 40.4 Å². The van der Waals surface area contributed by atoms with Crippen LogP contribution >= 0.6 is 27.3 Å². The van der Waals surface area contributed by atoms with E-state index in [0.29, 0.717) is 4.47 Å². The van der Waals surface area contributed by atoms with E-state index < -0.39 is 10.0 Å². The van der Waals surface area contributed by atoms with E-state index in [4.69, 9.17) is 0 Å². The summed E-state index contributed by atoms with van der Waals surface area (Å²) in [4.78, 5) is 5.10. The first kappa shape index (κ1) is 14.6.